The van der Waals surface area contributed by atoms with Crippen LogP contribution in [-0.4, -0.2) is 35.3 Å². The molecule has 0 aromatic heterocycles. The largest absolute Gasteiger partial charge is 0.466 e. The van der Waals surface area contributed by atoms with Crippen LogP contribution in [0.3, 0.4) is 0 Å². The molecule has 4 unspecified atom stereocenters. The zero-order valence-electron chi connectivity index (χ0n) is 18.0. The van der Waals surface area contributed by atoms with E-state index in [0.29, 0.717) is 39.6 Å². The number of amides is 2. The van der Waals surface area contributed by atoms with Crippen molar-refractivity contribution in [3.8, 4) is 0 Å². The van der Waals surface area contributed by atoms with Gasteiger partial charge >= 0.3 is 5.97 Å². The molecule has 0 saturated heterocycles. The molecule has 1 aliphatic heterocycles. The molecule has 33 heavy (non-hydrogen) atoms. The summed E-state index contributed by atoms with van der Waals surface area (Å²) in [5.74, 6) is -2.68. The molecule has 0 fully saturated rings. The van der Waals surface area contributed by atoms with E-state index in [0.717, 1.165) is 0 Å². The van der Waals surface area contributed by atoms with Crippen molar-refractivity contribution in [2.75, 3.05) is 6.61 Å². The SMILES string of the molecule is CCOC(=O)C1CC=CCC1N1C(=O)c2ccccc2C(C(N)=O)C1c1ccc(Cl)cc1Cl. The summed E-state index contributed by atoms with van der Waals surface area (Å²) >= 11 is 12.7. The molecule has 4 rings (SSSR count). The maximum Gasteiger partial charge on any atom is 0.311 e. The van der Waals surface area contributed by atoms with Crippen LogP contribution in [0.4, 0.5) is 0 Å². The highest BCUT2D eigenvalue weighted by Crippen LogP contribution is 2.47. The van der Waals surface area contributed by atoms with E-state index < -0.39 is 29.8 Å². The summed E-state index contributed by atoms with van der Waals surface area (Å²) in [7, 11) is 0. The van der Waals surface area contributed by atoms with Crippen molar-refractivity contribution in [2.45, 2.75) is 37.8 Å². The second kappa shape index (κ2) is 9.57. The highest BCUT2D eigenvalue weighted by atomic mass is 35.5. The summed E-state index contributed by atoms with van der Waals surface area (Å²) in [5, 5.41) is 0.744. The minimum absolute atomic E-state index is 0.235. The van der Waals surface area contributed by atoms with Crippen molar-refractivity contribution in [3.63, 3.8) is 0 Å². The number of benzene rings is 2. The van der Waals surface area contributed by atoms with Gasteiger partial charge in [-0.1, -0.05) is 59.6 Å². The summed E-state index contributed by atoms with van der Waals surface area (Å²) in [6.07, 6.45) is 4.71. The third-order valence-corrected chi connectivity index (χ3v) is 6.87. The molecule has 1 heterocycles. The fourth-order valence-corrected chi connectivity index (χ4v) is 5.43. The van der Waals surface area contributed by atoms with Gasteiger partial charge in [-0.05, 0) is 49.1 Å². The third-order valence-electron chi connectivity index (χ3n) is 6.31. The predicted octanol–water partition coefficient (Wildman–Crippen LogP) is 4.66. The number of allylic oxidation sites excluding steroid dienone is 1. The Kier molecular flexibility index (Phi) is 6.77. The molecule has 172 valence electrons. The molecule has 0 spiro atoms. The molecular formula is C25H24Cl2N2O4. The van der Waals surface area contributed by atoms with E-state index in [1.807, 2.05) is 12.2 Å². The maximum atomic E-state index is 13.9. The number of nitrogens with two attached hydrogens (primary N) is 1. The van der Waals surface area contributed by atoms with Gasteiger partial charge in [0.05, 0.1) is 24.5 Å². The van der Waals surface area contributed by atoms with Crippen LogP contribution >= 0.6 is 23.2 Å². The van der Waals surface area contributed by atoms with Crippen LogP contribution in [0.2, 0.25) is 10.0 Å². The lowest BCUT2D eigenvalue weighted by Crippen LogP contribution is -2.54. The Labute approximate surface area is 202 Å². The van der Waals surface area contributed by atoms with Crippen LogP contribution in [0.1, 0.15) is 53.2 Å². The molecule has 2 amide bonds. The van der Waals surface area contributed by atoms with Gasteiger partial charge in [0, 0.05) is 21.7 Å². The Bertz CT molecular complexity index is 1130. The molecule has 2 aromatic carbocycles. The zero-order valence-corrected chi connectivity index (χ0v) is 19.6. The van der Waals surface area contributed by atoms with Gasteiger partial charge in [0.1, 0.15) is 0 Å². The van der Waals surface area contributed by atoms with Gasteiger partial charge in [-0.2, -0.15) is 0 Å². The quantitative estimate of drug-likeness (QED) is 0.491. The first-order valence-electron chi connectivity index (χ1n) is 10.8. The number of carbonyl (C=O) groups excluding carboxylic acids is 3. The van der Waals surface area contributed by atoms with Crippen molar-refractivity contribution in [1.82, 2.24) is 4.90 Å². The first-order chi connectivity index (χ1) is 15.8. The lowest BCUT2D eigenvalue weighted by atomic mass is 9.76. The van der Waals surface area contributed by atoms with E-state index >= 15 is 0 Å². The standard InChI is InChI=1S/C25H24Cl2N2O4/c1-2-33-25(32)18-9-5-6-10-20(18)29-22(17-12-11-14(26)13-19(17)27)21(23(28)30)15-7-3-4-8-16(15)24(29)31/h3-8,11-13,18,20-22H,2,9-10H2,1H3,(H2,28,30). The monoisotopic (exact) mass is 486 g/mol. The first kappa shape index (κ1) is 23.3. The summed E-state index contributed by atoms with van der Waals surface area (Å²) < 4.78 is 5.32. The summed E-state index contributed by atoms with van der Waals surface area (Å²) in [5.41, 5.74) is 7.40. The number of esters is 1. The number of hydrogen-bond acceptors (Lipinski definition) is 4. The van der Waals surface area contributed by atoms with Crippen molar-refractivity contribution in [3.05, 3.63) is 81.4 Å². The van der Waals surface area contributed by atoms with E-state index in [1.165, 1.54) is 0 Å². The average Bonchev–Trinajstić information content (AvgIpc) is 2.79. The smallest absolute Gasteiger partial charge is 0.311 e. The molecule has 2 aliphatic rings. The topological polar surface area (TPSA) is 89.7 Å². The Morgan fingerprint density at radius 2 is 1.82 bits per heavy atom. The van der Waals surface area contributed by atoms with Crippen LogP contribution < -0.4 is 5.73 Å². The highest BCUT2D eigenvalue weighted by molar-refractivity contribution is 6.35. The molecule has 2 N–H and O–H groups in total. The van der Waals surface area contributed by atoms with Crippen molar-refractivity contribution < 1.29 is 19.1 Å². The number of halogens is 2. The Morgan fingerprint density at radius 1 is 1.09 bits per heavy atom. The zero-order chi connectivity index (χ0) is 23.7. The summed E-state index contributed by atoms with van der Waals surface area (Å²) in [6.45, 7) is 1.98. The molecule has 0 bridgehead atoms. The van der Waals surface area contributed by atoms with E-state index in [9.17, 15) is 14.4 Å². The number of hydrogen-bond donors (Lipinski definition) is 1. The lowest BCUT2D eigenvalue weighted by Gasteiger charge is -2.47. The molecule has 8 heteroatoms. The number of fused-ring (bicyclic) bond motifs is 1. The maximum absolute atomic E-state index is 13.9. The molecular weight excluding hydrogens is 463 g/mol. The minimum atomic E-state index is -0.855. The molecule has 2 aromatic rings. The van der Waals surface area contributed by atoms with Crippen LogP contribution in [0, 0.1) is 5.92 Å². The van der Waals surface area contributed by atoms with E-state index in [1.54, 1.807) is 54.3 Å². The number of rotatable bonds is 5. The van der Waals surface area contributed by atoms with E-state index in [4.69, 9.17) is 33.7 Å². The summed E-state index contributed by atoms with van der Waals surface area (Å²) in [6, 6.07) is 10.5. The van der Waals surface area contributed by atoms with Crippen LogP contribution in [-0.2, 0) is 14.3 Å². The molecule has 4 atom stereocenters. The molecule has 6 nitrogen and oxygen atoms in total. The Balaban J connectivity index is 1.93. The van der Waals surface area contributed by atoms with Gasteiger partial charge in [-0.25, -0.2) is 0 Å². The third kappa shape index (κ3) is 4.25. The number of nitrogens with zero attached hydrogens (tertiary/aromatic N) is 1. The Hall–Kier alpha value is -2.83. The van der Waals surface area contributed by atoms with Gasteiger partial charge in [-0.3, -0.25) is 14.4 Å². The molecule has 0 radical (unpaired) electrons. The summed E-state index contributed by atoms with van der Waals surface area (Å²) in [4.78, 5) is 41.2. The Morgan fingerprint density at radius 3 is 2.52 bits per heavy atom. The van der Waals surface area contributed by atoms with Crippen LogP contribution in [0.15, 0.2) is 54.6 Å². The van der Waals surface area contributed by atoms with Crippen LogP contribution in [0.25, 0.3) is 0 Å². The van der Waals surface area contributed by atoms with Gasteiger partial charge in [0.25, 0.3) is 5.91 Å². The highest BCUT2D eigenvalue weighted by Gasteiger charge is 2.49. The second-order valence-corrected chi connectivity index (χ2v) is 9.00. The second-order valence-electron chi connectivity index (χ2n) is 8.16. The van der Waals surface area contributed by atoms with E-state index in [-0.39, 0.29) is 18.5 Å². The number of carbonyl (C=O) groups is 3. The average molecular weight is 487 g/mol. The fraction of sp³-hybridized carbons (Fsp3) is 0.320. The van der Waals surface area contributed by atoms with Gasteiger partial charge < -0.3 is 15.4 Å². The predicted molar refractivity (Wildman–Crippen MR) is 126 cm³/mol. The van der Waals surface area contributed by atoms with Crippen molar-refractivity contribution >= 4 is 41.0 Å². The lowest BCUT2D eigenvalue weighted by molar-refractivity contribution is -0.150. The van der Waals surface area contributed by atoms with Crippen molar-refractivity contribution in [2.24, 2.45) is 11.7 Å². The normalized spacial score (nSPS) is 24.3. The number of ether oxygens (including phenoxy) is 1. The number of primary amides is 1. The van der Waals surface area contributed by atoms with Gasteiger partial charge in [0.2, 0.25) is 5.91 Å². The van der Waals surface area contributed by atoms with Gasteiger partial charge in [-0.15, -0.1) is 0 Å². The van der Waals surface area contributed by atoms with E-state index in [2.05, 4.69) is 0 Å². The van der Waals surface area contributed by atoms with Crippen molar-refractivity contribution in [1.29, 1.82) is 0 Å². The van der Waals surface area contributed by atoms with Gasteiger partial charge in [0.15, 0.2) is 0 Å². The first-order valence-corrected chi connectivity index (χ1v) is 11.6. The molecule has 1 aliphatic carbocycles. The molecule has 0 saturated carbocycles. The van der Waals surface area contributed by atoms with Crippen LogP contribution in [0.5, 0.6) is 0 Å². The minimum Gasteiger partial charge on any atom is -0.466 e. The fourth-order valence-electron chi connectivity index (χ4n) is 4.91.